The second-order valence-electron chi connectivity index (χ2n) is 5.05. The van der Waals surface area contributed by atoms with Crippen molar-refractivity contribution >= 4 is 23.1 Å². The van der Waals surface area contributed by atoms with E-state index in [1.807, 2.05) is 0 Å². The van der Waals surface area contributed by atoms with Gasteiger partial charge in [-0.25, -0.2) is 4.98 Å². The molecule has 9 heteroatoms. The molecule has 8 nitrogen and oxygen atoms in total. The molecule has 0 aliphatic carbocycles. The monoisotopic (exact) mass is 356 g/mol. The van der Waals surface area contributed by atoms with Crippen molar-refractivity contribution in [1.82, 2.24) is 9.97 Å². The van der Waals surface area contributed by atoms with Crippen LogP contribution in [0.1, 0.15) is 5.56 Å². The number of nitro groups is 2. The first-order chi connectivity index (χ1) is 12.1. The molecular formula is C16H12N4O4S. The molecule has 1 heterocycles. The highest BCUT2D eigenvalue weighted by molar-refractivity contribution is 7.98. The Kier molecular flexibility index (Phi) is 4.75. The average Bonchev–Trinajstić information content (AvgIpc) is 3.09. The van der Waals surface area contributed by atoms with Crippen LogP contribution in [0.3, 0.4) is 0 Å². The maximum absolute atomic E-state index is 11.1. The van der Waals surface area contributed by atoms with Crippen LogP contribution in [0.2, 0.25) is 0 Å². The van der Waals surface area contributed by atoms with Crippen LogP contribution in [0.25, 0.3) is 11.3 Å². The summed E-state index contributed by atoms with van der Waals surface area (Å²) in [5, 5.41) is 22.7. The van der Waals surface area contributed by atoms with Crippen LogP contribution in [-0.4, -0.2) is 19.8 Å². The molecule has 0 atom stereocenters. The van der Waals surface area contributed by atoms with E-state index in [0.29, 0.717) is 27.7 Å². The third kappa shape index (κ3) is 3.66. The Morgan fingerprint density at radius 2 is 1.60 bits per heavy atom. The lowest BCUT2D eigenvalue weighted by Crippen LogP contribution is -1.93. The van der Waals surface area contributed by atoms with Gasteiger partial charge in [-0.15, -0.1) is 0 Å². The maximum atomic E-state index is 11.1. The first-order valence-electron chi connectivity index (χ1n) is 7.20. The topological polar surface area (TPSA) is 115 Å². The fourth-order valence-electron chi connectivity index (χ4n) is 2.33. The molecule has 2 aromatic carbocycles. The molecule has 0 fully saturated rings. The van der Waals surface area contributed by atoms with E-state index in [4.69, 9.17) is 0 Å². The summed E-state index contributed by atoms with van der Waals surface area (Å²) in [4.78, 5) is 28.5. The number of rotatable bonds is 6. The minimum absolute atomic E-state index is 0.0126. The van der Waals surface area contributed by atoms with E-state index in [-0.39, 0.29) is 11.4 Å². The molecule has 0 aliphatic rings. The normalized spacial score (nSPS) is 10.6. The third-order valence-electron chi connectivity index (χ3n) is 3.50. The van der Waals surface area contributed by atoms with Gasteiger partial charge < -0.3 is 4.98 Å². The Labute approximate surface area is 146 Å². The Hall–Kier alpha value is -3.20. The summed E-state index contributed by atoms with van der Waals surface area (Å²) in [5.74, 6) is 0.362. The molecule has 0 aliphatic heterocycles. The molecule has 1 aromatic heterocycles. The third-order valence-corrected chi connectivity index (χ3v) is 4.43. The lowest BCUT2D eigenvalue weighted by atomic mass is 10.1. The van der Waals surface area contributed by atoms with Crippen molar-refractivity contribution in [1.29, 1.82) is 0 Å². The van der Waals surface area contributed by atoms with Crippen molar-refractivity contribution in [3.8, 4) is 11.3 Å². The Morgan fingerprint density at radius 3 is 2.32 bits per heavy atom. The van der Waals surface area contributed by atoms with Crippen molar-refractivity contribution in [3.63, 3.8) is 0 Å². The number of hydrogen-bond acceptors (Lipinski definition) is 6. The number of benzene rings is 2. The smallest absolute Gasteiger partial charge is 0.278 e. The minimum atomic E-state index is -0.448. The van der Waals surface area contributed by atoms with Crippen LogP contribution in [0.15, 0.2) is 59.9 Å². The van der Waals surface area contributed by atoms with Gasteiger partial charge in [0.1, 0.15) is 0 Å². The van der Waals surface area contributed by atoms with Gasteiger partial charge in [0.05, 0.1) is 27.3 Å². The van der Waals surface area contributed by atoms with Crippen LogP contribution in [0.4, 0.5) is 11.4 Å². The molecule has 25 heavy (non-hydrogen) atoms. The molecule has 0 saturated heterocycles. The maximum Gasteiger partial charge on any atom is 0.278 e. The summed E-state index contributed by atoms with van der Waals surface area (Å²) in [6.45, 7) is 0. The summed E-state index contributed by atoms with van der Waals surface area (Å²) in [6, 6.07) is 12.9. The molecule has 3 aromatic rings. The highest BCUT2D eigenvalue weighted by Crippen LogP contribution is 2.31. The van der Waals surface area contributed by atoms with Gasteiger partial charge in [-0.1, -0.05) is 42.1 Å². The number of para-hydroxylation sites is 2. The van der Waals surface area contributed by atoms with E-state index in [1.165, 1.54) is 30.1 Å². The van der Waals surface area contributed by atoms with E-state index in [9.17, 15) is 20.2 Å². The highest BCUT2D eigenvalue weighted by Gasteiger charge is 2.17. The lowest BCUT2D eigenvalue weighted by molar-refractivity contribution is -0.385. The van der Waals surface area contributed by atoms with E-state index in [1.54, 1.807) is 36.4 Å². The molecule has 1 N–H and O–H groups in total. The van der Waals surface area contributed by atoms with Gasteiger partial charge in [-0.05, 0) is 6.07 Å². The average molecular weight is 356 g/mol. The van der Waals surface area contributed by atoms with Gasteiger partial charge in [0, 0.05) is 23.4 Å². The summed E-state index contributed by atoms with van der Waals surface area (Å²) in [5.41, 5.74) is 1.60. The van der Waals surface area contributed by atoms with Gasteiger partial charge in [0.25, 0.3) is 11.4 Å². The SMILES string of the molecule is O=[N+]([O-])c1ccccc1CSc1ncc(-c2ccccc2[N+](=O)[O-])[nH]1. The van der Waals surface area contributed by atoms with Crippen molar-refractivity contribution < 1.29 is 9.85 Å². The zero-order chi connectivity index (χ0) is 17.8. The molecule has 126 valence electrons. The number of thioether (sulfide) groups is 1. The van der Waals surface area contributed by atoms with Gasteiger partial charge in [-0.3, -0.25) is 20.2 Å². The summed E-state index contributed by atoms with van der Waals surface area (Å²) < 4.78 is 0. The molecule has 0 amide bonds. The molecule has 0 spiro atoms. The number of imidazole rings is 1. The molecule has 0 bridgehead atoms. The van der Waals surface area contributed by atoms with Gasteiger partial charge >= 0.3 is 0 Å². The fraction of sp³-hybridized carbons (Fsp3) is 0.0625. The molecule has 3 rings (SSSR count). The quantitative estimate of drug-likeness (QED) is 0.402. The van der Waals surface area contributed by atoms with E-state index >= 15 is 0 Å². The summed E-state index contributed by atoms with van der Waals surface area (Å²) in [7, 11) is 0. The van der Waals surface area contributed by atoms with Crippen molar-refractivity contribution in [3.05, 3.63) is 80.5 Å². The number of nitrogens with zero attached hydrogens (tertiary/aromatic N) is 3. The van der Waals surface area contributed by atoms with Crippen molar-refractivity contribution in [2.45, 2.75) is 10.9 Å². The van der Waals surface area contributed by atoms with Gasteiger partial charge in [0.15, 0.2) is 5.16 Å². The number of hydrogen-bond donors (Lipinski definition) is 1. The second kappa shape index (κ2) is 7.14. The van der Waals surface area contributed by atoms with Gasteiger partial charge in [0.2, 0.25) is 0 Å². The predicted octanol–water partition coefficient (Wildman–Crippen LogP) is 4.19. The van der Waals surface area contributed by atoms with Crippen LogP contribution in [0.5, 0.6) is 0 Å². The van der Waals surface area contributed by atoms with Crippen molar-refractivity contribution in [2.24, 2.45) is 0 Å². The van der Waals surface area contributed by atoms with Crippen molar-refractivity contribution in [2.75, 3.05) is 0 Å². The Bertz CT molecular complexity index is 941. The molecule has 0 saturated carbocycles. The van der Waals surface area contributed by atoms with E-state index < -0.39 is 9.85 Å². The van der Waals surface area contributed by atoms with E-state index in [0.717, 1.165) is 0 Å². The molecule has 0 radical (unpaired) electrons. The van der Waals surface area contributed by atoms with Crippen LogP contribution in [0, 0.1) is 20.2 Å². The standard InChI is InChI=1S/C16H12N4O4S/c21-19(22)14-7-3-1-5-11(14)10-25-16-17-9-13(18-16)12-6-2-4-8-15(12)20(23)24/h1-9H,10H2,(H,17,18). The number of nitro benzene ring substituents is 2. The Morgan fingerprint density at radius 1 is 0.960 bits per heavy atom. The Balaban J connectivity index is 1.80. The number of aromatic nitrogens is 2. The first-order valence-corrected chi connectivity index (χ1v) is 8.18. The number of H-pyrrole nitrogens is 1. The number of nitrogens with one attached hydrogen (secondary N) is 1. The van der Waals surface area contributed by atoms with Crippen LogP contribution < -0.4 is 0 Å². The highest BCUT2D eigenvalue weighted by atomic mass is 32.2. The summed E-state index contributed by atoms with van der Waals surface area (Å²) >= 11 is 1.29. The van der Waals surface area contributed by atoms with Crippen LogP contribution in [-0.2, 0) is 5.75 Å². The van der Waals surface area contributed by atoms with E-state index in [2.05, 4.69) is 9.97 Å². The van der Waals surface area contributed by atoms with Gasteiger partial charge in [-0.2, -0.15) is 0 Å². The zero-order valence-corrected chi connectivity index (χ0v) is 13.6. The summed E-state index contributed by atoms with van der Waals surface area (Å²) in [6.07, 6.45) is 1.52. The van der Waals surface area contributed by atoms with Crippen LogP contribution >= 0.6 is 11.8 Å². The zero-order valence-electron chi connectivity index (χ0n) is 12.8. The molecule has 0 unspecified atom stereocenters. The molecular weight excluding hydrogens is 344 g/mol. The minimum Gasteiger partial charge on any atom is -0.333 e. The first kappa shape index (κ1) is 16.7. The largest absolute Gasteiger partial charge is 0.333 e. The predicted molar refractivity (Wildman–Crippen MR) is 93.3 cm³/mol. The lowest BCUT2D eigenvalue weighted by Gasteiger charge is -2.01. The fourth-order valence-corrected chi connectivity index (χ4v) is 3.18. The second-order valence-corrected chi connectivity index (χ2v) is 6.01. The number of aromatic amines is 1.